The Bertz CT molecular complexity index is 1060. The molecule has 2 aliphatic rings. The molecule has 0 spiro atoms. The zero-order valence-corrected chi connectivity index (χ0v) is 18.1. The Balaban J connectivity index is 1.57. The van der Waals surface area contributed by atoms with Gasteiger partial charge in [-0.15, -0.1) is 0 Å². The number of likely N-dealkylation sites (N-methyl/N-ethyl adjacent to an activating group) is 1. The number of nitrogens with one attached hydrogen (secondary N) is 1. The predicted octanol–water partition coefficient (Wildman–Crippen LogP) is 4.48. The molecule has 2 aromatic rings. The van der Waals surface area contributed by atoms with E-state index in [1.165, 1.54) is 18.2 Å². The van der Waals surface area contributed by atoms with Gasteiger partial charge in [0.25, 0.3) is 10.0 Å². The van der Waals surface area contributed by atoms with Crippen molar-refractivity contribution in [2.24, 2.45) is 5.92 Å². The van der Waals surface area contributed by atoms with Gasteiger partial charge in [-0.05, 0) is 60.8 Å². The second-order valence-corrected chi connectivity index (χ2v) is 9.49. The highest BCUT2D eigenvalue weighted by molar-refractivity contribution is 7.92. The van der Waals surface area contributed by atoms with Crippen LogP contribution < -0.4 is 9.46 Å². The normalized spacial score (nSPS) is 20.0. The first-order valence-electron chi connectivity index (χ1n) is 10.4. The van der Waals surface area contributed by atoms with E-state index < -0.39 is 15.8 Å². The summed E-state index contributed by atoms with van der Waals surface area (Å²) in [5.41, 5.74) is 1.91. The van der Waals surface area contributed by atoms with Crippen LogP contribution in [0.5, 0.6) is 5.75 Å². The average molecular weight is 431 g/mol. The highest BCUT2D eigenvalue weighted by Crippen LogP contribution is 2.54. The second kappa shape index (κ2) is 8.40. The minimum Gasteiger partial charge on any atom is -0.493 e. The first kappa shape index (κ1) is 20.9. The Morgan fingerprint density at radius 3 is 2.77 bits per heavy atom. The number of halogens is 1. The summed E-state index contributed by atoms with van der Waals surface area (Å²) in [5, 5.41) is 0. The third-order valence-corrected chi connectivity index (χ3v) is 7.31. The lowest BCUT2D eigenvalue weighted by Crippen LogP contribution is -2.22. The lowest BCUT2D eigenvalue weighted by Gasteiger charge is -2.18. The molecule has 1 aliphatic heterocycles. The topological polar surface area (TPSA) is 58.6 Å². The van der Waals surface area contributed by atoms with Crippen LogP contribution in [0.4, 0.5) is 10.1 Å². The van der Waals surface area contributed by atoms with Crippen molar-refractivity contribution < 1.29 is 17.5 Å². The van der Waals surface area contributed by atoms with E-state index in [4.69, 9.17) is 4.74 Å². The molecular weight excluding hydrogens is 403 g/mol. The molecule has 2 atom stereocenters. The summed E-state index contributed by atoms with van der Waals surface area (Å²) in [6, 6.07) is 9.15. The van der Waals surface area contributed by atoms with Gasteiger partial charge in [0, 0.05) is 18.5 Å². The van der Waals surface area contributed by atoms with Crippen molar-refractivity contribution in [2.75, 3.05) is 31.0 Å². The van der Waals surface area contributed by atoms with Gasteiger partial charge in [0.15, 0.2) is 0 Å². The summed E-state index contributed by atoms with van der Waals surface area (Å²) in [4.78, 5) is 2.22. The van der Waals surface area contributed by atoms with Gasteiger partial charge in [-0.3, -0.25) is 4.72 Å². The molecule has 0 saturated heterocycles. The molecule has 2 aromatic carbocycles. The molecule has 0 unspecified atom stereocenters. The zero-order valence-electron chi connectivity index (χ0n) is 17.3. The number of sulfonamides is 1. The molecule has 5 nitrogen and oxygen atoms in total. The third kappa shape index (κ3) is 4.37. The molecule has 0 amide bonds. The second-order valence-electron chi connectivity index (χ2n) is 7.84. The van der Waals surface area contributed by atoms with Crippen LogP contribution in [0.3, 0.4) is 0 Å². The maximum Gasteiger partial charge on any atom is 0.262 e. The number of anilines is 1. The van der Waals surface area contributed by atoms with Crippen molar-refractivity contribution in [1.29, 1.82) is 0 Å². The van der Waals surface area contributed by atoms with Gasteiger partial charge in [0.2, 0.25) is 0 Å². The number of fused-ring (bicyclic) bond motifs is 3. The molecule has 1 fully saturated rings. The first-order valence-corrected chi connectivity index (χ1v) is 11.9. The van der Waals surface area contributed by atoms with Crippen LogP contribution in [-0.2, 0) is 10.0 Å². The monoisotopic (exact) mass is 430 g/mol. The molecule has 0 radical (unpaired) electrons. The number of rotatable bonds is 8. The van der Waals surface area contributed by atoms with E-state index in [1.807, 2.05) is 12.1 Å². The summed E-state index contributed by atoms with van der Waals surface area (Å²) in [6.07, 6.45) is 4.66. The van der Waals surface area contributed by atoms with Gasteiger partial charge in [0.05, 0.1) is 17.2 Å². The number of hydrogen-bond acceptors (Lipinski definition) is 4. The molecule has 160 valence electrons. The van der Waals surface area contributed by atoms with E-state index >= 15 is 0 Å². The van der Waals surface area contributed by atoms with Crippen molar-refractivity contribution >= 4 is 21.8 Å². The smallest absolute Gasteiger partial charge is 0.262 e. The Morgan fingerprint density at radius 1 is 1.20 bits per heavy atom. The van der Waals surface area contributed by atoms with E-state index in [0.29, 0.717) is 36.2 Å². The highest BCUT2D eigenvalue weighted by atomic mass is 32.2. The molecule has 30 heavy (non-hydrogen) atoms. The van der Waals surface area contributed by atoms with E-state index in [2.05, 4.69) is 23.5 Å². The summed E-state index contributed by atoms with van der Waals surface area (Å²) in [5.74, 6) is 1.41. The van der Waals surface area contributed by atoms with E-state index in [1.54, 1.807) is 18.2 Å². The van der Waals surface area contributed by atoms with Crippen LogP contribution in [0.1, 0.15) is 37.3 Å². The van der Waals surface area contributed by atoms with Crippen LogP contribution in [0.15, 0.2) is 47.4 Å². The highest BCUT2D eigenvalue weighted by Gasteiger charge is 2.43. The lowest BCUT2D eigenvalue weighted by atomic mass is 10.1. The van der Waals surface area contributed by atoms with Crippen LogP contribution in [-0.4, -0.2) is 39.6 Å². The van der Waals surface area contributed by atoms with Gasteiger partial charge in [-0.25, -0.2) is 12.8 Å². The van der Waals surface area contributed by atoms with Crippen LogP contribution in [0.25, 0.3) is 6.08 Å². The number of benzene rings is 2. The fourth-order valence-electron chi connectivity index (χ4n) is 3.95. The van der Waals surface area contributed by atoms with Crippen molar-refractivity contribution in [3.8, 4) is 5.75 Å². The fraction of sp³-hybridized carbons (Fsp3) is 0.391. The largest absolute Gasteiger partial charge is 0.493 e. The van der Waals surface area contributed by atoms with Gasteiger partial charge in [-0.2, -0.15) is 0 Å². The molecule has 7 heteroatoms. The molecular formula is C23H27FN2O3S. The van der Waals surface area contributed by atoms with Crippen molar-refractivity contribution in [1.82, 2.24) is 4.90 Å². The van der Waals surface area contributed by atoms with Crippen LogP contribution >= 0.6 is 0 Å². The van der Waals surface area contributed by atoms with E-state index in [-0.39, 0.29) is 4.90 Å². The summed E-state index contributed by atoms with van der Waals surface area (Å²) in [7, 11) is -3.89. The predicted molar refractivity (Wildman–Crippen MR) is 117 cm³/mol. The Hall–Kier alpha value is -2.38. The first-order chi connectivity index (χ1) is 14.4. The average Bonchev–Trinajstić information content (AvgIpc) is 3.51. The molecule has 1 saturated carbocycles. The van der Waals surface area contributed by atoms with Gasteiger partial charge in [-0.1, -0.05) is 32.1 Å². The number of hydrogen-bond donors (Lipinski definition) is 1. The molecule has 0 bridgehead atoms. The van der Waals surface area contributed by atoms with Gasteiger partial charge >= 0.3 is 0 Å². The third-order valence-electron chi connectivity index (χ3n) is 5.86. The summed E-state index contributed by atoms with van der Waals surface area (Å²) < 4.78 is 48.4. The molecule has 4 rings (SSSR count). The summed E-state index contributed by atoms with van der Waals surface area (Å²) >= 11 is 0. The van der Waals surface area contributed by atoms with Gasteiger partial charge in [0.1, 0.15) is 11.6 Å². The maximum absolute atomic E-state index is 13.8. The Kier molecular flexibility index (Phi) is 5.84. The van der Waals surface area contributed by atoms with E-state index in [0.717, 1.165) is 30.8 Å². The maximum atomic E-state index is 13.8. The minimum absolute atomic E-state index is 0.0422. The SMILES string of the molecule is CCN(CC)C/C=C\c1cc(F)ccc1S(=O)(=O)Nc1ccc2c(c1)OC[C@@H]1C[C@H]21. The van der Waals surface area contributed by atoms with Crippen LogP contribution in [0, 0.1) is 11.7 Å². The Labute approximate surface area is 177 Å². The number of nitrogens with zero attached hydrogens (tertiary/aromatic N) is 1. The summed E-state index contributed by atoms with van der Waals surface area (Å²) in [6.45, 7) is 7.25. The molecule has 1 N–H and O–H groups in total. The minimum atomic E-state index is -3.89. The quantitative estimate of drug-likeness (QED) is 0.671. The van der Waals surface area contributed by atoms with Crippen molar-refractivity contribution in [3.63, 3.8) is 0 Å². The lowest BCUT2D eigenvalue weighted by molar-refractivity contribution is 0.279. The molecule has 1 heterocycles. The standard InChI is InChI=1S/C23H27FN2O3S/c1-3-26(4-2)11-5-6-16-12-18(24)7-10-23(16)30(27,28)25-19-8-9-20-21-13-17(21)15-29-22(20)14-19/h5-10,12,14,17,21,25H,3-4,11,13,15H2,1-2H3/b6-5-/t17-,21-/m0/s1. The van der Waals surface area contributed by atoms with Crippen molar-refractivity contribution in [2.45, 2.75) is 31.1 Å². The molecule has 1 aliphatic carbocycles. The van der Waals surface area contributed by atoms with Gasteiger partial charge < -0.3 is 9.64 Å². The fourth-order valence-corrected chi connectivity index (χ4v) is 5.19. The molecule has 0 aromatic heterocycles. The van der Waals surface area contributed by atoms with Crippen molar-refractivity contribution in [3.05, 3.63) is 59.4 Å². The number of ether oxygens (including phenoxy) is 1. The zero-order chi connectivity index (χ0) is 21.3. The van der Waals surface area contributed by atoms with E-state index in [9.17, 15) is 12.8 Å². The Morgan fingerprint density at radius 2 is 2.00 bits per heavy atom. The van der Waals surface area contributed by atoms with Crippen LogP contribution in [0.2, 0.25) is 0 Å².